The molecule has 0 saturated carbocycles. The normalized spacial score (nSPS) is 11.5. The summed E-state index contributed by atoms with van der Waals surface area (Å²) in [7, 11) is 3.11. The van der Waals surface area contributed by atoms with Gasteiger partial charge in [0.25, 0.3) is 5.91 Å². The van der Waals surface area contributed by atoms with Gasteiger partial charge >= 0.3 is 5.97 Å². The molecule has 0 bridgehead atoms. The predicted molar refractivity (Wildman–Crippen MR) is 120 cm³/mol. The molecule has 32 heavy (non-hydrogen) atoms. The summed E-state index contributed by atoms with van der Waals surface area (Å²) < 4.78 is 23.6. The molecule has 0 fully saturated rings. The monoisotopic (exact) mass is 462 g/mol. The zero-order chi connectivity index (χ0) is 23.5. The number of hydrogen-bond acceptors (Lipinski definition) is 6. The minimum Gasteiger partial charge on any atom is -0.449 e. The average molecular weight is 463 g/mol. The van der Waals surface area contributed by atoms with Crippen molar-refractivity contribution in [1.29, 1.82) is 0 Å². The first kappa shape index (κ1) is 25.4. The maximum Gasteiger partial charge on any atom is 0.340 e. The van der Waals surface area contributed by atoms with Crippen LogP contribution in [-0.2, 0) is 25.6 Å². The van der Waals surface area contributed by atoms with Crippen LogP contribution in [0.4, 0.5) is 4.39 Å². The summed E-state index contributed by atoms with van der Waals surface area (Å²) in [6.07, 6.45) is -1.03. The number of ether oxygens (including phenoxy) is 2. The van der Waals surface area contributed by atoms with Crippen LogP contribution in [0.2, 0.25) is 0 Å². The number of halogens is 1. The molecule has 0 heterocycles. The standard InChI is InChI=1S/C23H27FN2O5S/c1-16(22(28)26(2)14-17-7-6-8-18(24)13-17)31-23(29)19-9-4-5-10-20(19)32-15-21(27)25-11-12-30-3/h4-10,13,16H,11-12,14-15H2,1-3H3,(H,25,27). The maximum atomic E-state index is 13.4. The van der Waals surface area contributed by atoms with Gasteiger partial charge in [0.05, 0.1) is 17.9 Å². The van der Waals surface area contributed by atoms with Crippen LogP contribution in [0.25, 0.3) is 0 Å². The quantitative estimate of drug-likeness (QED) is 0.314. The van der Waals surface area contributed by atoms with Crippen molar-refractivity contribution < 1.29 is 28.2 Å². The van der Waals surface area contributed by atoms with E-state index in [1.807, 2.05) is 0 Å². The number of likely N-dealkylation sites (N-methyl/N-ethyl adjacent to an activating group) is 1. The number of thioether (sulfide) groups is 1. The van der Waals surface area contributed by atoms with E-state index in [4.69, 9.17) is 9.47 Å². The molecule has 1 unspecified atom stereocenters. The first-order valence-electron chi connectivity index (χ1n) is 9.99. The van der Waals surface area contributed by atoms with Crippen LogP contribution in [0.1, 0.15) is 22.8 Å². The molecule has 9 heteroatoms. The van der Waals surface area contributed by atoms with E-state index < -0.39 is 18.0 Å². The number of nitrogens with one attached hydrogen (secondary N) is 1. The Labute approximate surface area is 191 Å². The molecule has 1 N–H and O–H groups in total. The highest BCUT2D eigenvalue weighted by Crippen LogP contribution is 2.23. The third-order valence-corrected chi connectivity index (χ3v) is 5.48. The molecular weight excluding hydrogens is 435 g/mol. The number of esters is 1. The molecule has 0 aliphatic heterocycles. The lowest BCUT2D eigenvalue weighted by Crippen LogP contribution is -2.37. The smallest absolute Gasteiger partial charge is 0.340 e. The Morgan fingerprint density at radius 2 is 1.91 bits per heavy atom. The van der Waals surface area contributed by atoms with Gasteiger partial charge in [-0.1, -0.05) is 24.3 Å². The minimum atomic E-state index is -1.03. The van der Waals surface area contributed by atoms with Gasteiger partial charge in [0, 0.05) is 32.1 Å². The van der Waals surface area contributed by atoms with Crippen molar-refractivity contribution in [3.8, 4) is 0 Å². The van der Waals surface area contributed by atoms with Crippen molar-refractivity contribution in [3.05, 3.63) is 65.5 Å². The number of amides is 2. The van der Waals surface area contributed by atoms with E-state index in [1.54, 1.807) is 50.6 Å². The van der Waals surface area contributed by atoms with Gasteiger partial charge in [-0.15, -0.1) is 11.8 Å². The summed E-state index contributed by atoms with van der Waals surface area (Å²) in [5, 5.41) is 2.71. The molecule has 0 saturated heterocycles. The van der Waals surface area contributed by atoms with Gasteiger partial charge in [-0.3, -0.25) is 9.59 Å². The number of rotatable bonds is 11. The molecule has 0 radical (unpaired) electrons. The van der Waals surface area contributed by atoms with E-state index in [0.29, 0.717) is 23.6 Å². The van der Waals surface area contributed by atoms with Crippen molar-refractivity contribution >= 4 is 29.5 Å². The van der Waals surface area contributed by atoms with Gasteiger partial charge in [0.1, 0.15) is 5.82 Å². The highest BCUT2D eigenvalue weighted by atomic mass is 32.2. The summed E-state index contributed by atoms with van der Waals surface area (Å²) in [5.74, 6) is -1.51. The Morgan fingerprint density at radius 3 is 2.62 bits per heavy atom. The molecule has 0 spiro atoms. The minimum absolute atomic E-state index is 0.124. The number of nitrogens with zero attached hydrogens (tertiary/aromatic N) is 1. The van der Waals surface area contributed by atoms with Crippen molar-refractivity contribution in [2.45, 2.75) is 24.5 Å². The molecule has 172 valence electrons. The summed E-state index contributed by atoms with van der Waals surface area (Å²) in [6, 6.07) is 12.7. The molecule has 2 rings (SSSR count). The summed E-state index contributed by atoms with van der Waals surface area (Å²) in [5.41, 5.74) is 0.902. The second-order valence-corrected chi connectivity index (χ2v) is 8.02. The fourth-order valence-corrected chi connectivity index (χ4v) is 3.69. The predicted octanol–water partition coefficient (Wildman–Crippen LogP) is 2.88. The SMILES string of the molecule is COCCNC(=O)CSc1ccccc1C(=O)OC(C)C(=O)N(C)Cc1cccc(F)c1. The Morgan fingerprint density at radius 1 is 1.16 bits per heavy atom. The molecule has 2 aromatic rings. The van der Waals surface area contributed by atoms with Gasteiger partial charge < -0.3 is 19.7 Å². The number of carbonyl (C=O) groups excluding carboxylic acids is 3. The third kappa shape index (κ3) is 7.97. The van der Waals surface area contributed by atoms with Crippen LogP contribution in [0, 0.1) is 5.82 Å². The molecule has 2 amide bonds. The summed E-state index contributed by atoms with van der Waals surface area (Å²) in [4.78, 5) is 39.2. The van der Waals surface area contributed by atoms with E-state index in [2.05, 4.69) is 5.32 Å². The first-order chi connectivity index (χ1) is 15.3. The molecule has 2 aromatic carbocycles. The highest BCUT2D eigenvalue weighted by Gasteiger charge is 2.24. The largest absolute Gasteiger partial charge is 0.449 e. The lowest BCUT2D eigenvalue weighted by molar-refractivity contribution is -0.139. The molecular formula is C23H27FN2O5S. The fraction of sp³-hybridized carbons (Fsp3) is 0.348. The second kappa shape index (κ2) is 12.8. The Kier molecular flexibility index (Phi) is 10.2. The Balaban J connectivity index is 1.94. The number of carbonyl (C=O) groups is 3. The second-order valence-electron chi connectivity index (χ2n) is 7.00. The van der Waals surface area contributed by atoms with Crippen LogP contribution in [-0.4, -0.2) is 61.8 Å². The van der Waals surface area contributed by atoms with Crippen LogP contribution < -0.4 is 5.32 Å². The van der Waals surface area contributed by atoms with Gasteiger partial charge in [0.2, 0.25) is 5.91 Å². The van der Waals surface area contributed by atoms with Gasteiger partial charge in [-0.25, -0.2) is 9.18 Å². The zero-order valence-electron chi connectivity index (χ0n) is 18.3. The van der Waals surface area contributed by atoms with Crippen LogP contribution in [0.3, 0.4) is 0 Å². The zero-order valence-corrected chi connectivity index (χ0v) is 19.1. The lowest BCUT2D eigenvalue weighted by atomic mass is 10.2. The first-order valence-corrected chi connectivity index (χ1v) is 11.0. The average Bonchev–Trinajstić information content (AvgIpc) is 2.77. The van der Waals surface area contributed by atoms with E-state index in [-0.39, 0.29) is 29.6 Å². The van der Waals surface area contributed by atoms with E-state index in [1.165, 1.54) is 35.7 Å². The molecule has 1 atom stereocenters. The number of methoxy groups -OCH3 is 1. The molecule has 0 aromatic heterocycles. The van der Waals surface area contributed by atoms with Crippen molar-refractivity contribution in [1.82, 2.24) is 10.2 Å². The topological polar surface area (TPSA) is 84.9 Å². The number of hydrogen-bond donors (Lipinski definition) is 1. The molecule has 0 aliphatic carbocycles. The van der Waals surface area contributed by atoms with E-state index in [9.17, 15) is 18.8 Å². The molecule has 7 nitrogen and oxygen atoms in total. The van der Waals surface area contributed by atoms with Crippen LogP contribution in [0.5, 0.6) is 0 Å². The number of benzene rings is 2. The van der Waals surface area contributed by atoms with Gasteiger partial charge in [-0.05, 0) is 36.8 Å². The Bertz CT molecular complexity index is 940. The van der Waals surface area contributed by atoms with Crippen molar-refractivity contribution in [2.24, 2.45) is 0 Å². The van der Waals surface area contributed by atoms with Crippen molar-refractivity contribution in [2.75, 3.05) is 33.1 Å². The van der Waals surface area contributed by atoms with Crippen LogP contribution >= 0.6 is 11.8 Å². The third-order valence-electron chi connectivity index (χ3n) is 4.41. The van der Waals surface area contributed by atoms with E-state index in [0.717, 1.165) is 0 Å². The van der Waals surface area contributed by atoms with Gasteiger partial charge in [-0.2, -0.15) is 0 Å². The lowest BCUT2D eigenvalue weighted by Gasteiger charge is -2.22. The molecule has 0 aliphatic rings. The van der Waals surface area contributed by atoms with E-state index >= 15 is 0 Å². The Hall–Kier alpha value is -2.91. The maximum absolute atomic E-state index is 13.4. The van der Waals surface area contributed by atoms with Crippen LogP contribution in [0.15, 0.2) is 53.4 Å². The highest BCUT2D eigenvalue weighted by molar-refractivity contribution is 8.00. The van der Waals surface area contributed by atoms with Gasteiger partial charge in [0.15, 0.2) is 6.10 Å². The summed E-state index contributed by atoms with van der Waals surface area (Å²) >= 11 is 1.20. The fourth-order valence-electron chi connectivity index (χ4n) is 2.82. The summed E-state index contributed by atoms with van der Waals surface area (Å²) in [6.45, 7) is 2.49. The van der Waals surface area contributed by atoms with Crippen molar-refractivity contribution in [3.63, 3.8) is 0 Å².